The molecule has 3 saturated heterocycles. The van der Waals surface area contributed by atoms with Crippen LogP contribution in [-0.2, 0) is 19.0 Å². The third-order valence-corrected chi connectivity index (χ3v) is 10.4. The van der Waals surface area contributed by atoms with E-state index in [0.29, 0.717) is 6.42 Å². The van der Waals surface area contributed by atoms with Gasteiger partial charge in [-0.05, 0) is 77.6 Å². The van der Waals surface area contributed by atoms with Crippen molar-refractivity contribution in [2.75, 3.05) is 0 Å². The van der Waals surface area contributed by atoms with Crippen LogP contribution in [0.15, 0.2) is 0 Å². The van der Waals surface area contributed by atoms with E-state index in [1.165, 1.54) is 70.6 Å². The van der Waals surface area contributed by atoms with Crippen LogP contribution in [-0.4, -0.2) is 70.1 Å². The zero-order valence-corrected chi connectivity index (χ0v) is 28.3. The van der Waals surface area contributed by atoms with Crippen molar-refractivity contribution in [2.24, 2.45) is 5.92 Å². The summed E-state index contributed by atoms with van der Waals surface area (Å²) in [4.78, 5) is 11.7. The molecular formula is C37H68O7. The fraction of sp³-hybridized carbons (Fsp3) is 0.973. The number of unbranched alkanes of at least 4 members (excludes halogenated alkanes) is 12. The molecule has 0 aromatic carbocycles. The summed E-state index contributed by atoms with van der Waals surface area (Å²) < 4.78 is 17.8. The van der Waals surface area contributed by atoms with E-state index in [1.807, 2.05) is 6.92 Å². The van der Waals surface area contributed by atoms with Gasteiger partial charge in [0.05, 0.1) is 54.7 Å². The summed E-state index contributed by atoms with van der Waals surface area (Å²) in [5, 5.41) is 31.6. The molecule has 0 radical (unpaired) electrons. The Morgan fingerprint density at radius 1 is 0.636 bits per heavy atom. The van der Waals surface area contributed by atoms with E-state index in [-0.39, 0.29) is 48.5 Å². The van der Waals surface area contributed by atoms with Crippen LogP contribution in [0, 0.1) is 5.92 Å². The van der Waals surface area contributed by atoms with Crippen molar-refractivity contribution in [2.45, 2.75) is 223 Å². The first-order chi connectivity index (χ1) is 21.4. The maximum Gasteiger partial charge on any atom is 0.309 e. The van der Waals surface area contributed by atoms with Gasteiger partial charge in [0, 0.05) is 0 Å². The summed E-state index contributed by atoms with van der Waals surface area (Å²) >= 11 is 0. The summed E-state index contributed by atoms with van der Waals surface area (Å²) in [5.74, 6) is 0.160. The second-order valence-electron chi connectivity index (χ2n) is 14.4. The van der Waals surface area contributed by atoms with Crippen LogP contribution in [0.1, 0.15) is 174 Å². The topological polar surface area (TPSA) is 105 Å². The lowest BCUT2D eigenvalue weighted by Crippen LogP contribution is -2.33. The average Bonchev–Trinajstić information content (AvgIpc) is 3.76. The molecule has 0 bridgehead atoms. The third-order valence-electron chi connectivity index (χ3n) is 10.4. The number of rotatable bonds is 25. The molecule has 3 aliphatic rings. The van der Waals surface area contributed by atoms with Crippen LogP contribution in [0.5, 0.6) is 0 Å². The van der Waals surface area contributed by atoms with E-state index in [2.05, 4.69) is 6.92 Å². The molecule has 0 aromatic rings. The summed E-state index contributed by atoms with van der Waals surface area (Å²) in [6.07, 6.45) is 25.2. The number of cyclic esters (lactones) is 1. The molecule has 9 atom stereocenters. The fourth-order valence-electron chi connectivity index (χ4n) is 7.61. The SMILES string of the molecule is CCCCCC[C@H](O)CCC[C@H](O)[C@H]1CC[C@H]([C@H]2CC[C@H]([C@H](O)CCCCCCCCCCCC[C@@H]3C[C@H](C)OC3=O)O2)O1. The number of hydrogen-bond donors (Lipinski definition) is 3. The molecule has 3 fully saturated rings. The summed E-state index contributed by atoms with van der Waals surface area (Å²) in [7, 11) is 0. The van der Waals surface area contributed by atoms with E-state index in [4.69, 9.17) is 14.2 Å². The minimum absolute atomic E-state index is 0.0155. The van der Waals surface area contributed by atoms with Crippen molar-refractivity contribution in [3.63, 3.8) is 0 Å². The third kappa shape index (κ3) is 14.4. The smallest absolute Gasteiger partial charge is 0.309 e. The molecule has 3 rings (SSSR count). The van der Waals surface area contributed by atoms with Crippen LogP contribution in [0.4, 0.5) is 0 Å². The molecule has 0 aromatic heterocycles. The summed E-state index contributed by atoms with van der Waals surface area (Å²) in [6.45, 7) is 4.19. The highest BCUT2D eigenvalue weighted by Crippen LogP contribution is 2.35. The molecule has 258 valence electrons. The van der Waals surface area contributed by atoms with Gasteiger partial charge in [0.1, 0.15) is 0 Å². The Hall–Kier alpha value is -0.730. The van der Waals surface area contributed by atoms with Gasteiger partial charge in [0.25, 0.3) is 0 Å². The minimum Gasteiger partial charge on any atom is -0.462 e. The number of ether oxygens (including phenoxy) is 3. The maximum atomic E-state index is 11.7. The van der Waals surface area contributed by atoms with Gasteiger partial charge in [-0.2, -0.15) is 0 Å². The van der Waals surface area contributed by atoms with Gasteiger partial charge >= 0.3 is 5.97 Å². The molecular weight excluding hydrogens is 556 g/mol. The molecule has 3 aliphatic heterocycles. The highest BCUT2D eigenvalue weighted by Gasteiger charge is 2.40. The first-order valence-corrected chi connectivity index (χ1v) is 18.9. The number of esters is 1. The van der Waals surface area contributed by atoms with E-state index >= 15 is 0 Å². The molecule has 3 N–H and O–H groups in total. The largest absolute Gasteiger partial charge is 0.462 e. The van der Waals surface area contributed by atoms with Crippen molar-refractivity contribution in [3.05, 3.63) is 0 Å². The predicted octanol–water partition coefficient (Wildman–Crippen LogP) is 7.94. The monoisotopic (exact) mass is 624 g/mol. The number of hydrogen-bond acceptors (Lipinski definition) is 7. The zero-order valence-electron chi connectivity index (χ0n) is 28.3. The van der Waals surface area contributed by atoms with Crippen molar-refractivity contribution in [1.82, 2.24) is 0 Å². The summed E-state index contributed by atoms with van der Waals surface area (Å²) in [6, 6.07) is 0. The fourth-order valence-corrected chi connectivity index (χ4v) is 7.61. The average molecular weight is 625 g/mol. The lowest BCUT2D eigenvalue weighted by Gasteiger charge is -2.24. The second-order valence-corrected chi connectivity index (χ2v) is 14.4. The first-order valence-electron chi connectivity index (χ1n) is 18.9. The highest BCUT2D eigenvalue weighted by atomic mass is 16.6. The van der Waals surface area contributed by atoms with Gasteiger partial charge in [-0.15, -0.1) is 0 Å². The van der Waals surface area contributed by atoms with Gasteiger partial charge in [-0.1, -0.05) is 96.8 Å². The first kappa shape index (κ1) is 37.7. The molecule has 0 saturated carbocycles. The van der Waals surface area contributed by atoms with Crippen molar-refractivity contribution in [1.29, 1.82) is 0 Å². The minimum atomic E-state index is -0.477. The van der Waals surface area contributed by atoms with Crippen LogP contribution in [0.25, 0.3) is 0 Å². The number of aliphatic hydroxyl groups excluding tert-OH is 3. The Labute approximate surface area is 269 Å². The Kier molecular flexibility index (Phi) is 18.8. The summed E-state index contributed by atoms with van der Waals surface area (Å²) in [5.41, 5.74) is 0. The Morgan fingerprint density at radius 3 is 1.66 bits per heavy atom. The van der Waals surface area contributed by atoms with Gasteiger partial charge in [-0.25, -0.2) is 0 Å². The van der Waals surface area contributed by atoms with Gasteiger partial charge in [0.15, 0.2) is 0 Å². The standard InChI is InChI=1S/C37H68O7/c1-3-4-5-15-19-30(38)20-17-22-32(40)34-24-26-36(44-34)35-25-23-33(43-35)31(39)21-16-13-11-9-7-6-8-10-12-14-18-29-27-28(2)42-37(29)41/h28-36,38-40H,3-27H2,1-2H3/t28-,29+,30-,31+,32-,33+,34+,35+,36+/m0/s1. The number of carbonyl (C=O) groups excluding carboxylic acids is 1. The van der Waals surface area contributed by atoms with E-state index in [1.54, 1.807) is 0 Å². The normalized spacial score (nSPS) is 29.2. The molecule has 44 heavy (non-hydrogen) atoms. The Bertz CT molecular complexity index is 747. The van der Waals surface area contributed by atoms with Crippen molar-refractivity contribution in [3.8, 4) is 0 Å². The molecule has 0 spiro atoms. The van der Waals surface area contributed by atoms with Gasteiger partial charge in [0.2, 0.25) is 0 Å². The van der Waals surface area contributed by atoms with Crippen molar-refractivity contribution < 1.29 is 34.3 Å². The van der Waals surface area contributed by atoms with Crippen LogP contribution in [0.3, 0.4) is 0 Å². The molecule has 0 unspecified atom stereocenters. The zero-order chi connectivity index (χ0) is 31.6. The van der Waals surface area contributed by atoms with Crippen LogP contribution < -0.4 is 0 Å². The molecule has 7 nitrogen and oxygen atoms in total. The lowest BCUT2D eigenvalue weighted by atomic mass is 9.97. The maximum absolute atomic E-state index is 11.7. The van der Waals surface area contributed by atoms with Gasteiger partial charge < -0.3 is 29.5 Å². The van der Waals surface area contributed by atoms with Crippen LogP contribution in [0.2, 0.25) is 0 Å². The van der Waals surface area contributed by atoms with E-state index in [9.17, 15) is 20.1 Å². The predicted molar refractivity (Wildman–Crippen MR) is 175 cm³/mol. The van der Waals surface area contributed by atoms with E-state index in [0.717, 1.165) is 83.5 Å². The Balaban J connectivity index is 1.13. The molecule has 7 heteroatoms. The number of carbonyl (C=O) groups is 1. The second kappa shape index (κ2) is 22.0. The molecule has 0 aliphatic carbocycles. The van der Waals surface area contributed by atoms with E-state index < -0.39 is 12.2 Å². The van der Waals surface area contributed by atoms with Gasteiger partial charge in [-0.3, -0.25) is 4.79 Å². The lowest BCUT2D eigenvalue weighted by molar-refractivity contribution is -0.143. The van der Waals surface area contributed by atoms with Crippen molar-refractivity contribution >= 4 is 5.97 Å². The Morgan fingerprint density at radius 2 is 1.11 bits per heavy atom. The number of aliphatic hydroxyl groups is 3. The van der Waals surface area contributed by atoms with Crippen LogP contribution >= 0.6 is 0 Å². The highest BCUT2D eigenvalue weighted by molar-refractivity contribution is 5.74. The molecule has 3 heterocycles. The quantitative estimate of drug-likeness (QED) is 0.0699. The molecule has 0 amide bonds.